The lowest BCUT2D eigenvalue weighted by Crippen LogP contribution is -2.52. The number of hydrogen-bond donors (Lipinski definition) is 2. The average Bonchev–Trinajstić information content (AvgIpc) is 2.46. The molecule has 1 aliphatic rings. The molecule has 1 unspecified atom stereocenters. The Morgan fingerprint density at radius 3 is 2.52 bits per heavy atom. The number of rotatable bonds is 5. The second-order valence-corrected chi connectivity index (χ2v) is 5.73. The van der Waals surface area contributed by atoms with Gasteiger partial charge >= 0.3 is 12.0 Å². The van der Waals surface area contributed by atoms with Gasteiger partial charge in [-0.2, -0.15) is 0 Å². The summed E-state index contributed by atoms with van der Waals surface area (Å²) in [6.45, 7) is 2.89. The number of nitrogens with zero attached hydrogens (tertiary/aromatic N) is 2. The van der Waals surface area contributed by atoms with E-state index in [2.05, 4.69) is 5.32 Å². The maximum Gasteiger partial charge on any atom is 0.317 e. The fourth-order valence-electron chi connectivity index (χ4n) is 2.53. The molecule has 0 aromatic rings. The van der Waals surface area contributed by atoms with E-state index in [1.54, 1.807) is 19.0 Å². The third-order valence-electron chi connectivity index (χ3n) is 4.11. The van der Waals surface area contributed by atoms with Gasteiger partial charge in [0.15, 0.2) is 0 Å². The zero-order valence-electron chi connectivity index (χ0n) is 13.0. The molecule has 1 saturated heterocycles. The molecule has 0 radical (unpaired) electrons. The van der Waals surface area contributed by atoms with Crippen LogP contribution in [0.3, 0.4) is 0 Å². The van der Waals surface area contributed by atoms with Crippen molar-refractivity contribution in [2.75, 3.05) is 33.7 Å². The zero-order valence-corrected chi connectivity index (χ0v) is 13.0. The van der Waals surface area contributed by atoms with E-state index in [0.717, 1.165) is 0 Å². The van der Waals surface area contributed by atoms with E-state index in [-0.39, 0.29) is 31.4 Å². The number of carboxylic acid groups (broad SMARTS) is 1. The molecular formula is C14H25N3O4. The summed E-state index contributed by atoms with van der Waals surface area (Å²) >= 11 is 0. The molecule has 1 atom stereocenters. The van der Waals surface area contributed by atoms with Crippen LogP contribution in [-0.4, -0.2) is 66.5 Å². The van der Waals surface area contributed by atoms with Gasteiger partial charge in [-0.15, -0.1) is 0 Å². The van der Waals surface area contributed by atoms with E-state index in [1.165, 1.54) is 4.90 Å². The largest absolute Gasteiger partial charge is 0.481 e. The molecule has 2 N–H and O–H groups in total. The van der Waals surface area contributed by atoms with Gasteiger partial charge < -0.3 is 20.2 Å². The maximum absolute atomic E-state index is 12.1. The van der Waals surface area contributed by atoms with Gasteiger partial charge in [0.1, 0.15) is 0 Å². The number of aliphatic carboxylic acids is 1. The second kappa shape index (κ2) is 7.28. The summed E-state index contributed by atoms with van der Waals surface area (Å²) in [6.07, 6.45) is 2.03. The smallest absolute Gasteiger partial charge is 0.317 e. The lowest BCUT2D eigenvalue weighted by Gasteiger charge is -2.39. The van der Waals surface area contributed by atoms with Crippen LogP contribution in [-0.2, 0) is 9.59 Å². The third kappa shape index (κ3) is 4.34. The van der Waals surface area contributed by atoms with Crippen LogP contribution in [0.2, 0.25) is 0 Å². The average molecular weight is 299 g/mol. The minimum atomic E-state index is -0.842. The Hall–Kier alpha value is -1.79. The van der Waals surface area contributed by atoms with Gasteiger partial charge in [0.25, 0.3) is 0 Å². The number of carboxylic acids is 1. The van der Waals surface area contributed by atoms with Crippen LogP contribution in [0.1, 0.15) is 32.6 Å². The third-order valence-corrected chi connectivity index (χ3v) is 4.11. The van der Waals surface area contributed by atoms with E-state index in [9.17, 15) is 19.5 Å². The Kier molecular flexibility index (Phi) is 5.99. The fraction of sp³-hybridized carbons (Fsp3) is 0.786. The molecule has 0 aliphatic carbocycles. The number of carbonyl (C=O) groups excluding carboxylic acids is 2. The van der Waals surface area contributed by atoms with Gasteiger partial charge in [-0.25, -0.2) is 4.79 Å². The first-order chi connectivity index (χ1) is 9.82. The molecule has 1 aliphatic heterocycles. The summed E-state index contributed by atoms with van der Waals surface area (Å²) in [5.74, 6) is -0.896. The van der Waals surface area contributed by atoms with Crippen molar-refractivity contribution in [1.82, 2.24) is 15.1 Å². The quantitative estimate of drug-likeness (QED) is 0.784. The number of nitrogens with one attached hydrogen (secondary N) is 1. The summed E-state index contributed by atoms with van der Waals surface area (Å²) in [4.78, 5) is 38.0. The molecule has 1 heterocycles. The number of amides is 3. The van der Waals surface area contributed by atoms with Gasteiger partial charge in [0.05, 0.1) is 5.41 Å². The van der Waals surface area contributed by atoms with Crippen LogP contribution >= 0.6 is 0 Å². The van der Waals surface area contributed by atoms with Crippen molar-refractivity contribution in [2.24, 2.45) is 5.41 Å². The highest BCUT2D eigenvalue weighted by Gasteiger charge is 2.42. The molecule has 7 heteroatoms. The Bertz CT molecular complexity index is 411. The lowest BCUT2D eigenvalue weighted by molar-refractivity contribution is -0.152. The SMILES string of the molecule is CCC1(C(=O)O)CCCN(C(=O)NCCC(=O)N(C)C)C1. The molecule has 7 nitrogen and oxygen atoms in total. The predicted octanol–water partition coefficient (Wildman–Crippen LogP) is 0.751. The monoisotopic (exact) mass is 299 g/mol. The molecule has 21 heavy (non-hydrogen) atoms. The summed E-state index contributed by atoms with van der Waals surface area (Å²) in [6, 6.07) is -0.291. The molecule has 3 amide bonds. The van der Waals surface area contributed by atoms with Crippen molar-refractivity contribution in [3.63, 3.8) is 0 Å². The van der Waals surface area contributed by atoms with Gasteiger partial charge in [-0.3, -0.25) is 9.59 Å². The standard InChI is InChI=1S/C14H25N3O4/c1-4-14(12(19)20)7-5-9-17(10-14)13(21)15-8-6-11(18)16(2)3/h4-10H2,1-3H3,(H,15,21)(H,19,20). The summed E-state index contributed by atoms with van der Waals surface area (Å²) in [7, 11) is 3.33. The van der Waals surface area contributed by atoms with Crippen LogP contribution in [0.25, 0.3) is 0 Å². The van der Waals surface area contributed by atoms with Crippen LogP contribution in [0, 0.1) is 5.41 Å². The zero-order chi connectivity index (χ0) is 16.0. The van der Waals surface area contributed by atoms with Gasteiger partial charge in [-0.05, 0) is 19.3 Å². The van der Waals surface area contributed by atoms with Crippen LogP contribution in [0.4, 0.5) is 4.79 Å². The van der Waals surface area contributed by atoms with Crippen molar-refractivity contribution >= 4 is 17.9 Å². The summed E-state index contributed by atoms with van der Waals surface area (Å²) in [5.41, 5.74) is -0.838. The summed E-state index contributed by atoms with van der Waals surface area (Å²) < 4.78 is 0. The topological polar surface area (TPSA) is 90.0 Å². The highest BCUT2D eigenvalue weighted by Crippen LogP contribution is 2.33. The fourth-order valence-corrected chi connectivity index (χ4v) is 2.53. The molecule has 120 valence electrons. The molecule has 0 aromatic heterocycles. The van der Waals surface area contributed by atoms with E-state index in [1.807, 2.05) is 6.92 Å². The molecule has 1 rings (SSSR count). The van der Waals surface area contributed by atoms with Crippen LogP contribution in [0.15, 0.2) is 0 Å². The molecule has 1 fully saturated rings. The van der Waals surface area contributed by atoms with Crippen molar-refractivity contribution < 1.29 is 19.5 Å². The second-order valence-electron chi connectivity index (χ2n) is 5.73. The van der Waals surface area contributed by atoms with Crippen LogP contribution < -0.4 is 5.32 Å². The molecule has 0 spiro atoms. The first-order valence-corrected chi connectivity index (χ1v) is 7.28. The summed E-state index contributed by atoms with van der Waals surface area (Å²) in [5, 5.41) is 12.1. The van der Waals surface area contributed by atoms with Gasteiger partial charge in [0.2, 0.25) is 5.91 Å². The lowest BCUT2D eigenvalue weighted by atomic mass is 9.78. The van der Waals surface area contributed by atoms with Crippen molar-refractivity contribution in [3.8, 4) is 0 Å². The number of piperidine rings is 1. The maximum atomic E-state index is 12.1. The molecule has 0 aromatic carbocycles. The number of likely N-dealkylation sites (tertiary alicyclic amines) is 1. The van der Waals surface area contributed by atoms with Gasteiger partial charge in [-0.1, -0.05) is 6.92 Å². The molecular weight excluding hydrogens is 274 g/mol. The Morgan fingerprint density at radius 1 is 1.33 bits per heavy atom. The van der Waals surface area contributed by atoms with Crippen molar-refractivity contribution in [2.45, 2.75) is 32.6 Å². The first-order valence-electron chi connectivity index (χ1n) is 7.28. The minimum Gasteiger partial charge on any atom is -0.481 e. The van der Waals surface area contributed by atoms with Crippen molar-refractivity contribution in [3.05, 3.63) is 0 Å². The Labute approximate surface area is 125 Å². The normalized spacial score (nSPS) is 21.8. The number of hydrogen-bond acceptors (Lipinski definition) is 3. The van der Waals surface area contributed by atoms with Crippen molar-refractivity contribution in [1.29, 1.82) is 0 Å². The first kappa shape index (κ1) is 17.3. The van der Waals surface area contributed by atoms with Crippen LogP contribution in [0.5, 0.6) is 0 Å². The van der Waals surface area contributed by atoms with E-state index in [4.69, 9.17) is 0 Å². The van der Waals surface area contributed by atoms with E-state index >= 15 is 0 Å². The molecule has 0 bridgehead atoms. The predicted molar refractivity (Wildman–Crippen MR) is 77.9 cm³/mol. The van der Waals surface area contributed by atoms with E-state index < -0.39 is 11.4 Å². The highest BCUT2D eigenvalue weighted by atomic mass is 16.4. The Balaban J connectivity index is 2.51. The van der Waals surface area contributed by atoms with Gasteiger partial charge in [0, 0.05) is 40.2 Å². The molecule has 0 saturated carbocycles. The van der Waals surface area contributed by atoms with E-state index in [0.29, 0.717) is 25.8 Å². The Morgan fingerprint density at radius 2 is 2.00 bits per heavy atom. The number of urea groups is 1. The number of carbonyl (C=O) groups is 3. The highest BCUT2D eigenvalue weighted by molar-refractivity contribution is 5.80. The minimum absolute atomic E-state index is 0.0533.